The third kappa shape index (κ3) is 3.14. The van der Waals surface area contributed by atoms with Crippen LogP contribution in [-0.4, -0.2) is 33.0 Å². The molecule has 0 saturated carbocycles. The molecule has 0 radical (unpaired) electrons. The zero-order valence-electron chi connectivity index (χ0n) is 14.1. The van der Waals surface area contributed by atoms with Crippen molar-refractivity contribution in [2.24, 2.45) is 5.92 Å². The first kappa shape index (κ1) is 16.9. The molecule has 0 aromatic heterocycles. The van der Waals surface area contributed by atoms with Crippen LogP contribution in [0.1, 0.15) is 74.7 Å². The average molecular weight is 271 g/mol. The first-order valence-corrected chi connectivity index (χ1v) is 7.67. The number of aliphatic hydroxyl groups excluding tert-OH is 1. The monoisotopic (exact) mass is 271 g/mol. The van der Waals surface area contributed by atoms with Crippen LogP contribution >= 0.6 is 0 Å². The smallest absolute Gasteiger partial charge is 0.0816 e. The maximum atomic E-state index is 10.4. The van der Waals surface area contributed by atoms with Crippen LogP contribution in [0.15, 0.2) is 0 Å². The Labute approximate surface area is 119 Å². The molecule has 1 aliphatic rings. The van der Waals surface area contributed by atoms with E-state index in [9.17, 15) is 5.11 Å². The lowest BCUT2D eigenvalue weighted by atomic mass is 9.69. The summed E-state index contributed by atoms with van der Waals surface area (Å²) >= 11 is 0. The fraction of sp³-hybridized carbons (Fsp3) is 1.00. The van der Waals surface area contributed by atoms with E-state index in [1.807, 2.05) is 0 Å². The molecule has 1 rings (SSSR count). The Hall–Kier alpha value is -0.120. The van der Waals surface area contributed by atoms with Gasteiger partial charge < -0.3 is 5.11 Å². The molecule has 0 amide bonds. The summed E-state index contributed by atoms with van der Waals surface area (Å²) in [6.45, 7) is 17.2. The largest absolute Gasteiger partial charge is 0.393 e. The van der Waals surface area contributed by atoms with Crippen molar-refractivity contribution in [2.45, 2.75) is 97.4 Å². The summed E-state index contributed by atoms with van der Waals surface area (Å²) < 4.78 is 0. The van der Waals surface area contributed by atoms with Crippen molar-refractivity contribution in [2.75, 3.05) is 0 Å². The minimum atomic E-state index is -0.255. The quantitative estimate of drug-likeness (QED) is 0.848. The zero-order chi connectivity index (χ0) is 15.1. The van der Waals surface area contributed by atoms with Gasteiger partial charge in [-0.3, -0.25) is 4.84 Å². The predicted molar refractivity (Wildman–Crippen MR) is 79.9 cm³/mol. The second-order valence-electron chi connectivity index (χ2n) is 7.62. The Bertz CT molecular complexity index is 312. The summed E-state index contributed by atoms with van der Waals surface area (Å²) in [6.07, 6.45) is 2.46. The standard InChI is InChI=1S/C16H33NO2/c1-9-15(7)11-13(18)12(3)16(8,10-2)17(15)19-14(4,5)6/h12-13,18H,9-11H2,1-8H3. The molecule has 1 N–H and O–H groups in total. The van der Waals surface area contributed by atoms with E-state index in [2.05, 4.69) is 60.5 Å². The van der Waals surface area contributed by atoms with E-state index in [1.54, 1.807) is 0 Å². The van der Waals surface area contributed by atoms with Crippen molar-refractivity contribution in [1.29, 1.82) is 0 Å². The molecule has 1 aliphatic heterocycles. The molecule has 0 spiro atoms. The van der Waals surface area contributed by atoms with Gasteiger partial charge in [-0.2, -0.15) is 5.06 Å². The van der Waals surface area contributed by atoms with Crippen LogP contribution in [0.4, 0.5) is 0 Å². The first-order valence-electron chi connectivity index (χ1n) is 7.67. The minimum Gasteiger partial charge on any atom is -0.393 e. The molecule has 0 aliphatic carbocycles. The summed E-state index contributed by atoms with van der Waals surface area (Å²) in [5, 5.41) is 12.7. The lowest BCUT2D eigenvalue weighted by Crippen LogP contribution is -2.68. The number of rotatable bonds is 3. The van der Waals surface area contributed by atoms with Gasteiger partial charge in [0.2, 0.25) is 0 Å². The number of aliphatic hydroxyl groups is 1. The van der Waals surface area contributed by atoms with Gasteiger partial charge in [0.15, 0.2) is 0 Å². The van der Waals surface area contributed by atoms with Gasteiger partial charge in [-0.15, -0.1) is 0 Å². The Kier molecular flexibility index (Phi) is 4.76. The molecule has 4 atom stereocenters. The molecule has 1 fully saturated rings. The van der Waals surface area contributed by atoms with Crippen molar-refractivity contribution in [3.63, 3.8) is 0 Å². The van der Waals surface area contributed by atoms with Crippen molar-refractivity contribution in [3.8, 4) is 0 Å². The molecule has 0 aromatic rings. The molecule has 3 heteroatoms. The van der Waals surface area contributed by atoms with Crippen LogP contribution in [0, 0.1) is 5.92 Å². The van der Waals surface area contributed by atoms with Crippen molar-refractivity contribution < 1.29 is 9.94 Å². The van der Waals surface area contributed by atoms with Crippen LogP contribution in [0.2, 0.25) is 0 Å². The fourth-order valence-electron chi connectivity index (χ4n) is 3.17. The zero-order valence-corrected chi connectivity index (χ0v) is 14.1. The number of piperidine rings is 1. The van der Waals surface area contributed by atoms with Gasteiger partial charge in [-0.1, -0.05) is 20.8 Å². The lowest BCUT2D eigenvalue weighted by molar-refractivity contribution is -0.353. The summed E-state index contributed by atoms with van der Waals surface area (Å²) in [7, 11) is 0. The van der Waals surface area contributed by atoms with Gasteiger partial charge in [0, 0.05) is 17.0 Å². The highest BCUT2D eigenvalue weighted by Gasteiger charge is 2.54. The van der Waals surface area contributed by atoms with Gasteiger partial charge in [0.05, 0.1) is 11.7 Å². The van der Waals surface area contributed by atoms with Gasteiger partial charge >= 0.3 is 0 Å². The molecule has 4 unspecified atom stereocenters. The van der Waals surface area contributed by atoms with Crippen LogP contribution in [0.25, 0.3) is 0 Å². The lowest BCUT2D eigenvalue weighted by Gasteiger charge is -2.59. The predicted octanol–water partition coefficient (Wildman–Crippen LogP) is 3.76. The number of hydroxylamine groups is 2. The third-order valence-electron chi connectivity index (χ3n) is 5.00. The van der Waals surface area contributed by atoms with Crippen molar-refractivity contribution >= 4 is 0 Å². The Morgan fingerprint density at radius 1 is 1.21 bits per heavy atom. The Morgan fingerprint density at radius 3 is 2.11 bits per heavy atom. The van der Waals surface area contributed by atoms with Crippen LogP contribution in [0.5, 0.6) is 0 Å². The van der Waals surface area contributed by atoms with Crippen LogP contribution < -0.4 is 0 Å². The fourth-order valence-corrected chi connectivity index (χ4v) is 3.17. The molecule has 19 heavy (non-hydrogen) atoms. The molecule has 1 heterocycles. The molecule has 114 valence electrons. The van der Waals surface area contributed by atoms with Crippen LogP contribution in [-0.2, 0) is 4.84 Å². The van der Waals surface area contributed by atoms with Crippen molar-refractivity contribution in [3.05, 3.63) is 0 Å². The van der Waals surface area contributed by atoms with Gasteiger partial charge in [-0.25, -0.2) is 0 Å². The first-order chi connectivity index (χ1) is 8.50. The van der Waals surface area contributed by atoms with Crippen molar-refractivity contribution in [1.82, 2.24) is 5.06 Å². The van der Waals surface area contributed by atoms with Gasteiger partial charge in [-0.05, 0) is 53.9 Å². The maximum absolute atomic E-state index is 10.4. The molecular weight excluding hydrogens is 238 g/mol. The average Bonchev–Trinajstić information content (AvgIpc) is 2.31. The Balaban J connectivity index is 3.21. The molecule has 0 bridgehead atoms. The highest BCUT2D eigenvalue weighted by atomic mass is 16.7. The van der Waals surface area contributed by atoms with E-state index in [1.165, 1.54) is 0 Å². The normalized spacial score (nSPS) is 41.5. The molecule has 0 aromatic carbocycles. The van der Waals surface area contributed by atoms with E-state index < -0.39 is 0 Å². The second-order valence-corrected chi connectivity index (χ2v) is 7.62. The number of hydrogen-bond acceptors (Lipinski definition) is 3. The van der Waals surface area contributed by atoms with E-state index in [0.717, 1.165) is 19.3 Å². The molecule has 3 nitrogen and oxygen atoms in total. The van der Waals surface area contributed by atoms with E-state index in [-0.39, 0.29) is 28.7 Å². The number of hydrogen-bond donors (Lipinski definition) is 1. The van der Waals surface area contributed by atoms with E-state index >= 15 is 0 Å². The topological polar surface area (TPSA) is 32.7 Å². The molecule has 1 saturated heterocycles. The summed E-state index contributed by atoms with van der Waals surface area (Å²) in [5.74, 6) is 0.208. The second kappa shape index (κ2) is 5.34. The van der Waals surface area contributed by atoms with E-state index in [4.69, 9.17) is 4.84 Å². The highest BCUT2D eigenvalue weighted by molar-refractivity contribution is 5.04. The maximum Gasteiger partial charge on any atom is 0.0816 e. The van der Waals surface area contributed by atoms with Gasteiger partial charge in [0.25, 0.3) is 0 Å². The Morgan fingerprint density at radius 2 is 1.74 bits per heavy atom. The SMILES string of the molecule is CCC1(C)CC(O)C(C)C(C)(CC)N1OC(C)(C)C. The van der Waals surface area contributed by atoms with Gasteiger partial charge in [0.1, 0.15) is 0 Å². The number of nitrogens with zero attached hydrogens (tertiary/aromatic N) is 1. The highest BCUT2D eigenvalue weighted by Crippen LogP contribution is 2.46. The third-order valence-corrected chi connectivity index (χ3v) is 5.00. The summed E-state index contributed by atoms with van der Waals surface area (Å²) in [5.41, 5.74) is -0.450. The van der Waals surface area contributed by atoms with E-state index in [0.29, 0.717) is 0 Å². The molecular formula is C16H33NO2. The van der Waals surface area contributed by atoms with Crippen LogP contribution in [0.3, 0.4) is 0 Å². The summed E-state index contributed by atoms with van der Waals surface area (Å²) in [6, 6.07) is 0. The summed E-state index contributed by atoms with van der Waals surface area (Å²) in [4.78, 5) is 6.33. The minimum absolute atomic E-state index is 0.107.